The van der Waals surface area contributed by atoms with Gasteiger partial charge in [-0.2, -0.15) is 11.8 Å². The van der Waals surface area contributed by atoms with Crippen LogP contribution in [-0.4, -0.2) is 48.6 Å². The second kappa shape index (κ2) is 7.01. The monoisotopic (exact) mass is 258 g/mol. The summed E-state index contributed by atoms with van der Waals surface area (Å²) in [6, 6.07) is 0.622. The molecule has 2 unspecified atom stereocenters. The summed E-state index contributed by atoms with van der Waals surface area (Å²) in [6.45, 7) is 13.1. The Labute approximate surface area is 112 Å². The third-order valence-electron chi connectivity index (χ3n) is 3.81. The Hall–Kier alpha value is 0.270. The molecule has 0 bridgehead atoms. The second-order valence-corrected chi connectivity index (χ2v) is 7.61. The van der Waals surface area contributed by atoms with Crippen LogP contribution in [0.2, 0.25) is 0 Å². The molecule has 2 atom stereocenters. The number of nitrogens with zero attached hydrogens (tertiary/aromatic N) is 1. The first-order valence-electron chi connectivity index (χ1n) is 6.98. The van der Waals surface area contributed by atoms with Crippen molar-refractivity contribution < 1.29 is 0 Å². The van der Waals surface area contributed by atoms with E-state index in [1.165, 1.54) is 38.2 Å². The van der Waals surface area contributed by atoms with Crippen LogP contribution in [0.15, 0.2) is 0 Å². The van der Waals surface area contributed by atoms with Crippen molar-refractivity contribution in [3.63, 3.8) is 0 Å². The van der Waals surface area contributed by atoms with Crippen molar-refractivity contribution in [3.05, 3.63) is 0 Å². The molecule has 0 amide bonds. The molecule has 1 aliphatic rings. The first-order valence-corrected chi connectivity index (χ1v) is 8.03. The maximum absolute atomic E-state index is 3.47. The van der Waals surface area contributed by atoms with Gasteiger partial charge in [0, 0.05) is 30.1 Å². The summed E-state index contributed by atoms with van der Waals surface area (Å²) in [5.74, 6) is 1.32. The summed E-state index contributed by atoms with van der Waals surface area (Å²) in [4.78, 5) is 2.65. The highest BCUT2D eigenvalue weighted by Gasteiger charge is 2.25. The molecule has 2 nitrogen and oxygen atoms in total. The molecule has 0 radical (unpaired) electrons. The zero-order valence-electron chi connectivity index (χ0n) is 12.3. The Morgan fingerprint density at radius 2 is 2.12 bits per heavy atom. The first-order chi connectivity index (χ1) is 7.97. The number of rotatable bonds is 5. The summed E-state index contributed by atoms with van der Waals surface area (Å²) >= 11 is 2.16. The van der Waals surface area contributed by atoms with Crippen LogP contribution in [0.3, 0.4) is 0 Å². The van der Waals surface area contributed by atoms with Crippen molar-refractivity contribution >= 4 is 11.8 Å². The standard InChI is InChI=1S/C14H30N2S/c1-6-12-11-16(9-10-17-12)8-7-13(15-5)14(2,3)4/h12-13,15H,6-11H2,1-5H3. The molecule has 102 valence electrons. The van der Waals surface area contributed by atoms with Gasteiger partial charge in [-0.3, -0.25) is 0 Å². The van der Waals surface area contributed by atoms with Crippen LogP contribution in [0.5, 0.6) is 0 Å². The lowest BCUT2D eigenvalue weighted by molar-refractivity contribution is 0.213. The maximum Gasteiger partial charge on any atom is 0.0172 e. The predicted molar refractivity (Wildman–Crippen MR) is 79.9 cm³/mol. The van der Waals surface area contributed by atoms with E-state index >= 15 is 0 Å². The number of thioether (sulfide) groups is 1. The molecule has 0 saturated carbocycles. The van der Waals surface area contributed by atoms with E-state index in [4.69, 9.17) is 0 Å². The highest BCUT2D eigenvalue weighted by molar-refractivity contribution is 8.00. The smallest absolute Gasteiger partial charge is 0.0172 e. The van der Waals surface area contributed by atoms with E-state index in [-0.39, 0.29) is 0 Å². The van der Waals surface area contributed by atoms with E-state index < -0.39 is 0 Å². The van der Waals surface area contributed by atoms with Crippen molar-refractivity contribution in [1.82, 2.24) is 10.2 Å². The van der Waals surface area contributed by atoms with Gasteiger partial charge in [-0.1, -0.05) is 27.7 Å². The van der Waals surface area contributed by atoms with Crippen molar-refractivity contribution in [2.45, 2.75) is 51.8 Å². The van der Waals surface area contributed by atoms with Crippen LogP contribution >= 0.6 is 11.8 Å². The van der Waals surface area contributed by atoms with Crippen LogP contribution in [-0.2, 0) is 0 Å². The van der Waals surface area contributed by atoms with Crippen molar-refractivity contribution in [2.24, 2.45) is 5.41 Å². The zero-order valence-corrected chi connectivity index (χ0v) is 13.1. The van der Waals surface area contributed by atoms with Gasteiger partial charge in [-0.15, -0.1) is 0 Å². The van der Waals surface area contributed by atoms with Crippen molar-refractivity contribution in [2.75, 3.05) is 32.4 Å². The van der Waals surface area contributed by atoms with Crippen LogP contribution in [0.4, 0.5) is 0 Å². The molecular formula is C14H30N2S. The minimum absolute atomic E-state index is 0.365. The molecule has 0 aromatic carbocycles. The van der Waals surface area contributed by atoms with Gasteiger partial charge in [-0.05, 0) is 31.8 Å². The Bertz CT molecular complexity index is 213. The van der Waals surface area contributed by atoms with Crippen LogP contribution in [0.1, 0.15) is 40.5 Å². The van der Waals surface area contributed by atoms with E-state index in [1.807, 2.05) is 0 Å². The Morgan fingerprint density at radius 1 is 1.41 bits per heavy atom. The lowest BCUT2D eigenvalue weighted by Gasteiger charge is -2.35. The molecule has 1 fully saturated rings. The minimum Gasteiger partial charge on any atom is -0.316 e. The summed E-state index contributed by atoms with van der Waals surface area (Å²) < 4.78 is 0. The van der Waals surface area contributed by atoms with E-state index in [0.29, 0.717) is 11.5 Å². The SMILES string of the molecule is CCC1CN(CCC(NC)C(C)(C)C)CCS1. The molecule has 0 aromatic heterocycles. The summed E-state index contributed by atoms with van der Waals surface area (Å²) in [7, 11) is 2.09. The molecule has 1 N–H and O–H groups in total. The Balaban J connectivity index is 2.34. The quantitative estimate of drug-likeness (QED) is 0.816. The third-order valence-corrected chi connectivity index (χ3v) is 5.18. The van der Waals surface area contributed by atoms with E-state index in [2.05, 4.69) is 56.7 Å². The molecule has 0 spiro atoms. The lowest BCUT2D eigenvalue weighted by atomic mass is 9.85. The average molecular weight is 258 g/mol. The largest absolute Gasteiger partial charge is 0.316 e. The van der Waals surface area contributed by atoms with Gasteiger partial charge in [0.25, 0.3) is 0 Å². The van der Waals surface area contributed by atoms with Crippen LogP contribution < -0.4 is 5.32 Å². The van der Waals surface area contributed by atoms with Gasteiger partial charge in [0.05, 0.1) is 0 Å². The van der Waals surface area contributed by atoms with Crippen molar-refractivity contribution in [3.8, 4) is 0 Å². The molecule has 0 aliphatic carbocycles. The fourth-order valence-electron chi connectivity index (χ4n) is 2.55. The third kappa shape index (κ3) is 5.19. The summed E-state index contributed by atoms with van der Waals surface area (Å²) in [6.07, 6.45) is 2.58. The van der Waals surface area contributed by atoms with Crippen molar-refractivity contribution in [1.29, 1.82) is 0 Å². The van der Waals surface area contributed by atoms with Gasteiger partial charge < -0.3 is 10.2 Å². The van der Waals surface area contributed by atoms with E-state index in [9.17, 15) is 0 Å². The fraction of sp³-hybridized carbons (Fsp3) is 1.00. The summed E-state index contributed by atoms with van der Waals surface area (Å²) in [5, 5.41) is 4.34. The zero-order chi connectivity index (χ0) is 12.9. The number of nitrogens with one attached hydrogen (secondary N) is 1. The van der Waals surface area contributed by atoms with Crippen LogP contribution in [0, 0.1) is 5.41 Å². The molecule has 1 saturated heterocycles. The number of hydrogen-bond donors (Lipinski definition) is 1. The van der Waals surface area contributed by atoms with Gasteiger partial charge in [0.2, 0.25) is 0 Å². The molecule has 0 aromatic rings. The van der Waals surface area contributed by atoms with Gasteiger partial charge >= 0.3 is 0 Å². The topological polar surface area (TPSA) is 15.3 Å². The molecule has 1 rings (SSSR count). The molecule has 3 heteroatoms. The van der Waals surface area contributed by atoms with Crippen LogP contribution in [0.25, 0.3) is 0 Å². The van der Waals surface area contributed by atoms with Gasteiger partial charge in [-0.25, -0.2) is 0 Å². The maximum atomic E-state index is 3.47. The van der Waals surface area contributed by atoms with E-state index in [0.717, 1.165) is 5.25 Å². The molecule has 17 heavy (non-hydrogen) atoms. The normalized spacial score (nSPS) is 24.9. The molecular weight excluding hydrogens is 228 g/mol. The predicted octanol–water partition coefficient (Wildman–Crippen LogP) is 2.84. The fourth-order valence-corrected chi connectivity index (χ4v) is 3.80. The molecule has 1 heterocycles. The highest BCUT2D eigenvalue weighted by Crippen LogP contribution is 2.24. The highest BCUT2D eigenvalue weighted by atomic mass is 32.2. The second-order valence-electron chi connectivity index (χ2n) is 6.20. The lowest BCUT2D eigenvalue weighted by Crippen LogP contribution is -2.44. The van der Waals surface area contributed by atoms with Gasteiger partial charge in [0.15, 0.2) is 0 Å². The number of hydrogen-bond acceptors (Lipinski definition) is 3. The Kier molecular flexibility index (Phi) is 6.32. The molecule has 1 aliphatic heterocycles. The summed E-state index contributed by atoms with van der Waals surface area (Å²) in [5.41, 5.74) is 0.365. The van der Waals surface area contributed by atoms with E-state index in [1.54, 1.807) is 0 Å². The van der Waals surface area contributed by atoms with Gasteiger partial charge in [0.1, 0.15) is 0 Å². The first kappa shape index (κ1) is 15.3. The minimum atomic E-state index is 0.365. The average Bonchev–Trinajstić information content (AvgIpc) is 2.28. The Morgan fingerprint density at radius 3 is 2.65 bits per heavy atom.